The third-order valence-electron chi connectivity index (χ3n) is 7.71. The summed E-state index contributed by atoms with van der Waals surface area (Å²) in [5.74, 6) is -0.373. The maximum Gasteiger partial charge on any atom is 0.410 e. The normalized spacial score (nSPS) is 15.0. The Hall–Kier alpha value is -4.79. The highest BCUT2D eigenvalue weighted by atomic mass is 16.6. The van der Waals surface area contributed by atoms with E-state index in [0.29, 0.717) is 30.0 Å². The number of carboxylic acid groups (broad SMARTS) is 1. The van der Waals surface area contributed by atoms with Crippen molar-refractivity contribution in [3.05, 3.63) is 89.5 Å². The van der Waals surface area contributed by atoms with Crippen LogP contribution in [0.1, 0.15) is 51.2 Å². The molecule has 0 aromatic heterocycles. The van der Waals surface area contributed by atoms with Gasteiger partial charge in [0.1, 0.15) is 17.1 Å². The number of carbonyl (C=O) groups excluding carboxylic acids is 2. The quantitative estimate of drug-likeness (QED) is 0.282. The Kier molecular flexibility index (Phi) is 9.46. The van der Waals surface area contributed by atoms with Gasteiger partial charge in [0.2, 0.25) is 0 Å². The first kappa shape index (κ1) is 31.6. The van der Waals surface area contributed by atoms with Crippen LogP contribution in [-0.2, 0) is 20.9 Å². The highest BCUT2D eigenvalue weighted by Crippen LogP contribution is 2.36. The van der Waals surface area contributed by atoms with E-state index >= 15 is 0 Å². The molecule has 1 fully saturated rings. The highest BCUT2D eigenvalue weighted by molar-refractivity contribution is 6.03. The van der Waals surface area contributed by atoms with E-state index in [1.165, 1.54) is 7.11 Å². The first-order valence-electron chi connectivity index (χ1n) is 15.2. The molecule has 9 heteroatoms. The Morgan fingerprint density at radius 1 is 0.911 bits per heavy atom. The molecule has 3 aromatic rings. The van der Waals surface area contributed by atoms with Crippen LogP contribution in [0.4, 0.5) is 4.79 Å². The van der Waals surface area contributed by atoms with Gasteiger partial charge in [0.15, 0.2) is 6.61 Å². The van der Waals surface area contributed by atoms with E-state index < -0.39 is 24.3 Å². The number of rotatable bonds is 10. The van der Waals surface area contributed by atoms with E-state index in [0.717, 1.165) is 40.7 Å². The molecule has 2 amide bonds. The summed E-state index contributed by atoms with van der Waals surface area (Å²) in [7, 11) is 1.53. The molecule has 0 saturated heterocycles. The number of hydrogen-bond donors (Lipinski definition) is 1. The monoisotopic (exact) mass is 612 g/mol. The summed E-state index contributed by atoms with van der Waals surface area (Å²) >= 11 is 0. The van der Waals surface area contributed by atoms with Crippen LogP contribution in [0.15, 0.2) is 78.4 Å². The summed E-state index contributed by atoms with van der Waals surface area (Å²) in [5.41, 5.74) is 4.65. The number of amides is 2. The second-order valence-corrected chi connectivity index (χ2v) is 12.4. The summed E-state index contributed by atoms with van der Waals surface area (Å²) in [6.07, 6.45) is 1.81. The number of ether oxygens (including phenoxy) is 3. The van der Waals surface area contributed by atoms with E-state index in [2.05, 4.69) is 24.3 Å². The Labute approximate surface area is 264 Å². The average molecular weight is 613 g/mol. The number of nitrogens with zero attached hydrogens (tertiary/aromatic N) is 2. The van der Waals surface area contributed by atoms with Gasteiger partial charge < -0.3 is 29.1 Å². The molecule has 1 N–H and O–H groups in total. The molecular weight excluding hydrogens is 572 g/mol. The zero-order valence-electron chi connectivity index (χ0n) is 26.2. The largest absolute Gasteiger partial charge is 0.497 e. The summed E-state index contributed by atoms with van der Waals surface area (Å²) < 4.78 is 16.6. The van der Waals surface area contributed by atoms with Gasteiger partial charge in [-0.2, -0.15) is 0 Å². The van der Waals surface area contributed by atoms with Crippen molar-refractivity contribution in [1.29, 1.82) is 0 Å². The Balaban J connectivity index is 1.51. The van der Waals surface area contributed by atoms with Crippen molar-refractivity contribution in [3.63, 3.8) is 0 Å². The molecule has 236 valence electrons. The van der Waals surface area contributed by atoms with Gasteiger partial charge in [-0.15, -0.1) is 0 Å². The predicted octanol–water partition coefficient (Wildman–Crippen LogP) is 6.41. The van der Waals surface area contributed by atoms with Crippen molar-refractivity contribution in [2.75, 3.05) is 26.8 Å². The number of carboxylic acids is 1. The molecule has 3 aromatic carbocycles. The van der Waals surface area contributed by atoms with Gasteiger partial charge in [-0.05, 0) is 86.1 Å². The van der Waals surface area contributed by atoms with Crippen molar-refractivity contribution in [1.82, 2.24) is 9.80 Å². The van der Waals surface area contributed by atoms with E-state index in [1.807, 2.05) is 62.1 Å². The highest BCUT2D eigenvalue weighted by Gasteiger charge is 2.38. The summed E-state index contributed by atoms with van der Waals surface area (Å²) in [6.45, 7) is 5.83. The second kappa shape index (κ2) is 13.5. The molecule has 0 unspecified atom stereocenters. The lowest BCUT2D eigenvalue weighted by Gasteiger charge is -2.34. The third-order valence-corrected chi connectivity index (χ3v) is 7.71. The predicted molar refractivity (Wildman–Crippen MR) is 171 cm³/mol. The van der Waals surface area contributed by atoms with Gasteiger partial charge >= 0.3 is 12.1 Å². The summed E-state index contributed by atoms with van der Waals surface area (Å²) in [5, 5.41) is 9.09. The van der Waals surface area contributed by atoms with Crippen LogP contribution in [0.25, 0.3) is 16.7 Å². The maximum absolute atomic E-state index is 14.6. The van der Waals surface area contributed by atoms with Crippen LogP contribution in [0.3, 0.4) is 0 Å². The van der Waals surface area contributed by atoms with Gasteiger partial charge in [-0.3, -0.25) is 4.79 Å². The zero-order valence-corrected chi connectivity index (χ0v) is 26.2. The maximum atomic E-state index is 14.6. The molecular formula is C36H40N2O7. The fourth-order valence-electron chi connectivity index (χ4n) is 5.47. The number of carbonyl (C=O) groups is 3. The minimum Gasteiger partial charge on any atom is -0.497 e. The molecule has 1 saturated carbocycles. The van der Waals surface area contributed by atoms with Crippen molar-refractivity contribution in [2.45, 2.75) is 58.2 Å². The van der Waals surface area contributed by atoms with E-state index in [-0.39, 0.29) is 25.0 Å². The molecule has 0 radical (unpaired) electrons. The molecule has 0 atom stereocenters. The Morgan fingerprint density at radius 3 is 2.27 bits per heavy atom. The van der Waals surface area contributed by atoms with E-state index in [4.69, 9.17) is 19.3 Å². The topological polar surface area (TPSA) is 106 Å². The number of benzene rings is 3. The fraction of sp³-hybridized carbons (Fsp3) is 0.361. The molecule has 1 heterocycles. The molecule has 5 rings (SSSR count). The Morgan fingerprint density at radius 2 is 1.60 bits per heavy atom. The molecule has 1 aliphatic heterocycles. The number of hydrogen-bond acceptors (Lipinski definition) is 6. The van der Waals surface area contributed by atoms with E-state index in [9.17, 15) is 14.4 Å². The standard InChI is InChI=1S/C36H40N2O7/c1-36(2,3)45-35(42)37-16-15-31(27-12-8-11-26(19-27)25-9-6-5-7-10-25)32(22-37)34(41)38(28-13-14-28)21-24-17-29(43-4)20-30(18-24)44-23-33(39)40/h5-12,17-20,28H,13-16,21-23H2,1-4H3,(H,39,40). The summed E-state index contributed by atoms with van der Waals surface area (Å²) in [6, 6.07) is 23.5. The van der Waals surface area contributed by atoms with Crippen LogP contribution in [0, 0.1) is 0 Å². The molecule has 1 aliphatic carbocycles. The average Bonchev–Trinajstić information content (AvgIpc) is 3.87. The van der Waals surface area contributed by atoms with E-state index in [1.54, 1.807) is 17.0 Å². The van der Waals surface area contributed by atoms with Gasteiger partial charge in [0.25, 0.3) is 5.91 Å². The van der Waals surface area contributed by atoms with Crippen LogP contribution in [0.2, 0.25) is 0 Å². The molecule has 0 bridgehead atoms. The first-order chi connectivity index (χ1) is 21.5. The van der Waals surface area contributed by atoms with Gasteiger partial charge in [-0.1, -0.05) is 48.5 Å². The molecule has 2 aliphatic rings. The molecule has 45 heavy (non-hydrogen) atoms. The number of methoxy groups -OCH3 is 1. The van der Waals surface area contributed by atoms with Crippen LogP contribution >= 0.6 is 0 Å². The lowest BCUT2D eigenvalue weighted by molar-refractivity contribution is -0.139. The van der Waals surface area contributed by atoms with Crippen LogP contribution in [-0.4, -0.2) is 71.3 Å². The van der Waals surface area contributed by atoms with Gasteiger partial charge in [-0.25, -0.2) is 9.59 Å². The summed E-state index contributed by atoms with van der Waals surface area (Å²) in [4.78, 5) is 42.3. The lowest BCUT2D eigenvalue weighted by atomic mass is 9.90. The number of aliphatic carboxylic acids is 1. The van der Waals surface area contributed by atoms with Crippen molar-refractivity contribution < 1.29 is 33.7 Å². The SMILES string of the molecule is COc1cc(CN(C(=O)C2=C(c3cccc(-c4ccccc4)c3)CCN(C(=O)OC(C)(C)C)C2)C2CC2)cc(OCC(=O)O)c1. The smallest absolute Gasteiger partial charge is 0.410 e. The lowest BCUT2D eigenvalue weighted by Crippen LogP contribution is -2.44. The van der Waals surface area contributed by atoms with Gasteiger partial charge in [0.05, 0.1) is 13.7 Å². The van der Waals surface area contributed by atoms with Gasteiger partial charge in [0, 0.05) is 30.8 Å². The zero-order chi connectivity index (χ0) is 32.1. The first-order valence-corrected chi connectivity index (χ1v) is 15.2. The van der Waals surface area contributed by atoms with Crippen molar-refractivity contribution in [3.8, 4) is 22.6 Å². The van der Waals surface area contributed by atoms with Crippen molar-refractivity contribution in [2.24, 2.45) is 0 Å². The van der Waals surface area contributed by atoms with Crippen LogP contribution in [0.5, 0.6) is 11.5 Å². The fourth-order valence-corrected chi connectivity index (χ4v) is 5.47. The molecule has 9 nitrogen and oxygen atoms in total. The van der Waals surface area contributed by atoms with Crippen molar-refractivity contribution >= 4 is 23.5 Å². The minimum atomic E-state index is -1.09. The Bertz CT molecular complexity index is 1590. The minimum absolute atomic E-state index is 0.0494. The molecule has 0 spiro atoms. The third kappa shape index (κ3) is 8.23. The van der Waals surface area contributed by atoms with Crippen LogP contribution < -0.4 is 9.47 Å². The second-order valence-electron chi connectivity index (χ2n) is 12.4.